The van der Waals surface area contributed by atoms with Crippen LogP contribution in [0.4, 0.5) is 15.7 Å². The topological polar surface area (TPSA) is 130 Å². The Bertz CT molecular complexity index is 1410. The van der Waals surface area contributed by atoms with E-state index >= 15 is 0 Å². The molecule has 2 fully saturated rings. The molecule has 3 aromatic rings. The lowest BCUT2D eigenvalue weighted by atomic mass is 10.2. The van der Waals surface area contributed by atoms with Crippen molar-refractivity contribution >= 4 is 60.0 Å². The van der Waals surface area contributed by atoms with Crippen LogP contribution in [-0.4, -0.2) is 84.5 Å². The van der Waals surface area contributed by atoms with Crippen molar-refractivity contribution in [1.82, 2.24) is 24.2 Å². The summed E-state index contributed by atoms with van der Waals surface area (Å²) in [6.07, 6.45) is 1.62. The number of hydrogen-bond donors (Lipinski definition) is 2. The molecule has 1 amide bonds. The highest BCUT2D eigenvalue weighted by Crippen LogP contribution is 2.41. The lowest BCUT2D eigenvalue weighted by Crippen LogP contribution is -2.50. The highest BCUT2D eigenvalue weighted by Gasteiger charge is 2.33. The molecule has 0 bridgehead atoms. The number of piperazine rings is 1. The highest BCUT2D eigenvalue weighted by molar-refractivity contribution is 7.91. The second-order valence-corrected chi connectivity index (χ2v) is 13.6. The van der Waals surface area contributed by atoms with Crippen LogP contribution in [0.15, 0.2) is 9.59 Å². The molecule has 2 aliphatic rings. The van der Waals surface area contributed by atoms with Gasteiger partial charge in [0.15, 0.2) is 9.34 Å². The van der Waals surface area contributed by atoms with Gasteiger partial charge in [0, 0.05) is 44.7 Å². The number of hydrogen-bond acceptors (Lipinski definition) is 11. The van der Waals surface area contributed by atoms with Crippen LogP contribution in [0.25, 0.3) is 10.2 Å². The fraction of sp³-hybridized carbons (Fsp3) is 0.565. The van der Waals surface area contributed by atoms with Crippen molar-refractivity contribution in [2.24, 2.45) is 0 Å². The summed E-state index contributed by atoms with van der Waals surface area (Å²) in [6.45, 7) is 8.65. The van der Waals surface area contributed by atoms with Gasteiger partial charge >= 0.3 is 6.09 Å². The molecular formula is C23H31N7O4S3. The summed E-state index contributed by atoms with van der Waals surface area (Å²) in [4.78, 5) is 27.6. The predicted molar refractivity (Wildman–Crippen MR) is 145 cm³/mol. The molecule has 1 atom stereocenters. The Balaban J connectivity index is 1.20. The molecule has 14 heteroatoms. The van der Waals surface area contributed by atoms with E-state index in [-0.39, 0.29) is 15.4 Å². The van der Waals surface area contributed by atoms with Gasteiger partial charge in [0.1, 0.15) is 11.6 Å². The number of carbonyl (C=O) groups is 1. The maximum atomic E-state index is 13.3. The Kier molecular flexibility index (Phi) is 7.38. The van der Waals surface area contributed by atoms with E-state index in [9.17, 15) is 13.2 Å². The van der Waals surface area contributed by atoms with Crippen LogP contribution in [0.3, 0.4) is 0 Å². The number of rotatable bonds is 8. The molecule has 37 heavy (non-hydrogen) atoms. The van der Waals surface area contributed by atoms with E-state index in [4.69, 9.17) is 9.97 Å². The molecule has 0 spiro atoms. The maximum Gasteiger partial charge on any atom is 0.413 e. The van der Waals surface area contributed by atoms with E-state index in [0.29, 0.717) is 37.8 Å². The van der Waals surface area contributed by atoms with E-state index in [1.165, 1.54) is 17.0 Å². The first-order valence-electron chi connectivity index (χ1n) is 12.2. The average molecular weight is 566 g/mol. The van der Waals surface area contributed by atoms with Gasteiger partial charge in [-0.3, -0.25) is 10.2 Å². The first kappa shape index (κ1) is 26.2. The maximum absolute atomic E-state index is 13.3. The summed E-state index contributed by atoms with van der Waals surface area (Å²) < 4.78 is 33.8. The SMILES string of the molecule is COC(=O)Nc1nc(C)c(S(=O)(=O)N2CCN(CC(C)Nc3nc(C4CC4)nc4c(C)csc34)CC2)s1. The third-order valence-electron chi connectivity index (χ3n) is 6.52. The Morgan fingerprint density at radius 1 is 1.19 bits per heavy atom. The average Bonchev–Trinajstić information content (AvgIpc) is 3.55. The monoisotopic (exact) mass is 565 g/mol. The minimum atomic E-state index is -3.70. The van der Waals surface area contributed by atoms with Gasteiger partial charge in [-0.25, -0.2) is 28.2 Å². The van der Waals surface area contributed by atoms with Crippen LogP contribution in [0.5, 0.6) is 0 Å². The van der Waals surface area contributed by atoms with Crippen molar-refractivity contribution in [3.63, 3.8) is 0 Å². The van der Waals surface area contributed by atoms with Crippen molar-refractivity contribution < 1.29 is 17.9 Å². The Morgan fingerprint density at radius 3 is 2.59 bits per heavy atom. The number of anilines is 2. The van der Waals surface area contributed by atoms with Crippen LogP contribution < -0.4 is 10.6 Å². The van der Waals surface area contributed by atoms with Crippen molar-refractivity contribution in [3.05, 3.63) is 22.5 Å². The molecule has 2 N–H and O–H groups in total. The van der Waals surface area contributed by atoms with E-state index in [1.54, 1.807) is 18.3 Å². The van der Waals surface area contributed by atoms with Crippen LogP contribution >= 0.6 is 22.7 Å². The zero-order valence-corrected chi connectivity index (χ0v) is 23.7. The molecule has 1 unspecified atom stereocenters. The van der Waals surface area contributed by atoms with Gasteiger partial charge < -0.3 is 10.1 Å². The summed E-state index contributed by atoms with van der Waals surface area (Å²) in [5, 5.41) is 8.37. The first-order chi connectivity index (χ1) is 17.7. The van der Waals surface area contributed by atoms with E-state index in [1.807, 2.05) is 0 Å². The number of sulfonamides is 1. The number of nitrogens with one attached hydrogen (secondary N) is 2. The second kappa shape index (κ2) is 10.4. The third-order valence-corrected chi connectivity index (χ3v) is 11.2. The second-order valence-electron chi connectivity index (χ2n) is 9.56. The van der Waals surface area contributed by atoms with Crippen molar-refractivity contribution in [1.29, 1.82) is 0 Å². The molecule has 1 aliphatic heterocycles. The summed E-state index contributed by atoms with van der Waals surface area (Å²) in [6, 6.07) is 0.131. The quantitative estimate of drug-likeness (QED) is 0.421. The molecule has 1 saturated carbocycles. The van der Waals surface area contributed by atoms with E-state index in [0.717, 1.165) is 52.6 Å². The summed E-state index contributed by atoms with van der Waals surface area (Å²) in [7, 11) is -2.46. The first-order valence-corrected chi connectivity index (χ1v) is 15.4. The summed E-state index contributed by atoms with van der Waals surface area (Å²) in [5.74, 6) is 2.31. The molecule has 11 nitrogen and oxygen atoms in total. The predicted octanol–water partition coefficient (Wildman–Crippen LogP) is 3.63. The molecule has 5 rings (SSSR count). The van der Waals surface area contributed by atoms with Crippen molar-refractivity contribution in [2.75, 3.05) is 50.5 Å². The van der Waals surface area contributed by atoms with E-state index in [2.05, 4.69) is 44.5 Å². The van der Waals surface area contributed by atoms with Gasteiger partial charge in [-0.05, 0) is 44.6 Å². The number of thiazole rings is 1. The van der Waals surface area contributed by atoms with Crippen molar-refractivity contribution in [2.45, 2.75) is 49.8 Å². The lowest BCUT2D eigenvalue weighted by molar-refractivity contribution is 0.184. The molecule has 200 valence electrons. The molecule has 0 aromatic carbocycles. The number of aromatic nitrogens is 3. The molecule has 3 aromatic heterocycles. The van der Waals surface area contributed by atoms with Crippen LogP contribution in [0, 0.1) is 13.8 Å². The normalized spacial score (nSPS) is 18.2. The summed E-state index contributed by atoms with van der Waals surface area (Å²) in [5.41, 5.74) is 2.59. The zero-order valence-electron chi connectivity index (χ0n) is 21.3. The van der Waals surface area contributed by atoms with Crippen molar-refractivity contribution in [3.8, 4) is 0 Å². The summed E-state index contributed by atoms with van der Waals surface area (Å²) >= 11 is 2.61. The standard InChI is InChI=1S/C23H31N7O4S3/c1-13-12-35-18-17(13)26-19(16-5-6-16)27-20(18)24-14(2)11-29-7-9-30(10-8-29)37(32,33)21-15(3)25-22(36-21)28-23(31)34-4/h12,14,16H,5-11H2,1-4H3,(H,24,26,27)(H,25,28,31). The van der Waals surface area contributed by atoms with Crippen LogP contribution in [0.2, 0.25) is 0 Å². The number of carbonyl (C=O) groups excluding carboxylic acids is 1. The van der Waals surface area contributed by atoms with Crippen LogP contribution in [0.1, 0.15) is 42.8 Å². The lowest BCUT2D eigenvalue weighted by Gasteiger charge is -2.35. The number of methoxy groups -OCH3 is 1. The Labute approximate surface area is 224 Å². The zero-order chi connectivity index (χ0) is 26.3. The number of nitrogens with zero attached hydrogens (tertiary/aromatic N) is 5. The van der Waals surface area contributed by atoms with Gasteiger partial charge in [0.25, 0.3) is 10.0 Å². The number of ether oxygens (including phenoxy) is 1. The highest BCUT2D eigenvalue weighted by atomic mass is 32.2. The molecule has 1 saturated heterocycles. The number of thiophene rings is 1. The van der Waals surface area contributed by atoms with Gasteiger partial charge in [-0.15, -0.1) is 11.3 Å². The minimum Gasteiger partial charge on any atom is -0.453 e. The molecular weight excluding hydrogens is 534 g/mol. The van der Waals surface area contributed by atoms with Gasteiger partial charge in [-0.2, -0.15) is 4.31 Å². The van der Waals surface area contributed by atoms with E-state index < -0.39 is 16.1 Å². The fourth-order valence-corrected chi connectivity index (χ4v) is 8.32. The number of aryl methyl sites for hydroxylation is 2. The largest absolute Gasteiger partial charge is 0.453 e. The Hall–Kier alpha value is -2.39. The molecule has 1 aliphatic carbocycles. The number of fused-ring (bicyclic) bond motifs is 1. The number of amides is 1. The van der Waals surface area contributed by atoms with Gasteiger partial charge in [-0.1, -0.05) is 11.3 Å². The molecule has 4 heterocycles. The van der Waals surface area contributed by atoms with Crippen LogP contribution in [-0.2, 0) is 14.8 Å². The van der Waals surface area contributed by atoms with Gasteiger partial charge in [0.2, 0.25) is 0 Å². The third kappa shape index (κ3) is 5.58. The fourth-order valence-electron chi connectivity index (χ4n) is 4.42. The molecule has 0 radical (unpaired) electrons. The smallest absolute Gasteiger partial charge is 0.413 e. The minimum absolute atomic E-state index is 0.131. The Morgan fingerprint density at radius 2 is 1.92 bits per heavy atom. The van der Waals surface area contributed by atoms with Gasteiger partial charge in [0.05, 0.1) is 23.0 Å².